The largest absolute Gasteiger partial charge is 0.394 e. The minimum atomic E-state index is -1.94. The summed E-state index contributed by atoms with van der Waals surface area (Å²) in [5.41, 5.74) is 0. The molecule has 0 saturated heterocycles. The maximum atomic E-state index is 11.1. The van der Waals surface area contributed by atoms with E-state index in [1.165, 1.54) is 0 Å². The highest BCUT2D eigenvalue weighted by Crippen LogP contribution is 2.05. The predicted molar refractivity (Wildman–Crippen MR) is 53.0 cm³/mol. The summed E-state index contributed by atoms with van der Waals surface area (Å²) in [5, 5.41) is 47.2. The van der Waals surface area contributed by atoms with E-state index >= 15 is 0 Å². The van der Waals surface area contributed by atoms with Crippen LogP contribution in [-0.4, -0.2) is 69.0 Å². The number of terminal acetylenes is 1. The van der Waals surface area contributed by atoms with E-state index in [9.17, 15) is 20.1 Å². The molecule has 0 aliphatic heterocycles. The second-order valence-electron chi connectivity index (χ2n) is 3.10. The molecule has 0 saturated carbocycles. The molecule has 0 fully saturated rings. The summed E-state index contributed by atoms with van der Waals surface area (Å²) in [4.78, 5) is 11.1. The van der Waals surface area contributed by atoms with E-state index in [-0.39, 0.29) is 6.54 Å². The fraction of sp³-hybridized carbons (Fsp3) is 0.667. The number of carbonyl (C=O) groups is 1. The average Bonchev–Trinajstić information content (AvgIpc) is 2.31. The van der Waals surface area contributed by atoms with Crippen molar-refractivity contribution in [3.05, 3.63) is 0 Å². The molecule has 0 bridgehead atoms. The van der Waals surface area contributed by atoms with Crippen LogP contribution in [0.1, 0.15) is 0 Å². The molecular formula is C9H15NO6. The van der Waals surface area contributed by atoms with Crippen molar-refractivity contribution in [2.24, 2.45) is 0 Å². The number of nitrogens with one attached hydrogen (secondary N) is 1. The lowest BCUT2D eigenvalue weighted by atomic mass is 10.0. The zero-order chi connectivity index (χ0) is 12.7. The fourth-order valence-corrected chi connectivity index (χ4v) is 0.920. The van der Waals surface area contributed by atoms with Gasteiger partial charge in [-0.05, 0) is 0 Å². The SMILES string of the molecule is C#CCNC(=O)C(O)C(O)C(O)C(O)CO. The summed E-state index contributed by atoms with van der Waals surface area (Å²) in [5.74, 6) is 1.10. The lowest BCUT2D eigenvalue weighted by molar-refractivity contribution is -0.148. The maximum Gasteiger partial charge on any atom is 0.252 e. The summed E-state index contributed by atoms with van der Waals surface area (Å²) in [6, 6.07) is 0. The molecule has 0 aromatic carbocycles. The van der Waals surface area contributed by atoms with Crippen molar-refractivity contribution in [2.75, 3.05) is 13.2 Å². The van der Waals surface area contributed by atoms with Crippen LogP contribution in [-0.2, 0) is 4.79 Å². The number of aliphatic hydroxyl groups excluding tert-OH is 5. The van der Waals surface area contributed by atoms with Gasteiger partial charge >= 0.3 is 0 Å². The third-order valence-electron chi connectivity index (χ3n) is 1.89. The van der Waals surface area contributed by atoms with E-state index in [0.29, 0.717) is 0 Å². The normalized spacial score (nSPS) is 18.0. The van der Waals surface area contributed by atoms with E-state index < -0.39 is 36.9 Å². The zero-order valence-electron chi connectivity index (χ0n) is 8.45. The molecule has 0 heterocycles. The molecule has 0 aliphatic rings. The van der Waals surface area contributed by atoms with Crippen molar-refractivity contribution in [1.82, 2.24) is 5.32 Å². The van der Waals surface area contributed by atoms with Gasteiger partial charge in [0.25, 0.3) is 5.91 Å². The molecule has 0 radical (unpaired) electrons. The molecule has 16 heavy (non-hydrogen) atoms. The van der Waals surface area contributed by atoms with Crippen LogP contribution in [0.2, 0.25) is 0 Å². The van der Waals surface area contributed by atoms with Crippen LogP contribution in [0, 0.1) is 12.3 Å². The van der Waals surface area contributed by atoms with Crippen molar-refractivity contribution in [3.63, 3.8) is 0 Å². The summed E-state index contributed by atoms with van der Waals surface area (Å²) in [6.45, 7) is -0.946. The monoisotopic (exact) mass is 233 g/mol. The Hall–Kier alpha value is -1.17. The highest BCUT2D eigenvalue weighted by atomic mass is 16.4. The van der Waals surface area contributed by atoms with Gasteiger partial charge in [0.15, 0.2) is 6.10 Å². The van der Waals surface area contributed by atoms with Crippen LogP contribution < -0.4 is 5.32 Å². The second-order valence-corrected chi connectivity index (χ2v) is 3.10. The molecule has 4 unspecified atom stereocenters. The van der Waals surface area contributed by atoms with E-state index in [0.717, 1.165) is 0 Å². The van der Waals surface area contributed by atoms with Crippen LogP contribution in [0.15, 0.2) is 0 Å². The molecule has 0 spiro atoms. The van der Waals surface area contributed by atoms with Crippen LogP contribution in [0.25, 0.3) is 0 Å². The molecule has 0 aliphatic carbocycles. The summed E-state index contributed by atoms with van der Waals surface area (Å²) >= 11 is 0. The van der Waals surface area contributed by atoms with Crippen molar-refractivity contribution >= 4 is 5.91 Å². The van der Waals surface area contributed by atoms with Gasteiger partial charge in [0, 0.05) is 0 Å². The smallest absolute Gasteiger partial charge is 0.252 e. The third kappa shape index (κ3) is 4.14. The molecule has 0 aromatic rings. The van der Waals surface area contributed by atoms with E-state index in [4.69, 9.17) is 16.6 Å². The van der Waals surface area contributed by atoms with Gasteiger partial charge in [-0.3, -0.25) is 4.79 Å². The van der Waals surface area contributed by atoms with Gasteiger partial charge in [-0.1, -0.05) is 5.92 Å². The first-order chi connectivity index (χ1) is 7.45. The van der Waals surface area contributed by atoms with Gasteiger partial charge < -0.3 is 30.8 Å². The van der Waals surface area contributed by atoms with E-state index in [2.05, 4.69) is 11.2 Å². The lowest BCUT2D eigenvalue weighted by Gasteiger charge is -2.24. The Morgan fingerprint density at radius 1 is 1.25 bits per heavy atom. The first-order valence-electron chi connectivity index (χ1n) is 4.50. The third-order valence-corrected chi connectivity index (χ3v) is 1.89. The van der Waals surface area contributed by atoms with E-state index in [1.807, 2.05) is 0 Å². The van der Waals surface area contributed by atoms with Crippen molar-refractivity contribution in [1.29, 1.82) is 0 Å². The van der Waals surface area contributed by atoms with Crippen LogP contribution in [0.4, 0.5) is 0 Å². The van der Waals surface area contributed by atoms with Gasteiger partial charge in [0.05, 0.1) is 13.2 Å². The quantitative estimate of drug-likeness (QED) is 0.261. The van der Waals surface area contributed by atoms with Crippen LogP contribution >= 0.6 is 0 Å². The molecule has 7 nitrogen and oxygen atoms in total. The van der Waals surface area contributed by atoms with Crippen molar-refractivity contribution < 1.29 is 30.3 Å². The van der Waals surface area contributed by atoms with Gasteiger partial charge in [-0.25, -0.2) is 0 Å². The predicted octanol–water partition coefficient (Wildman–Crippen LogP) is -3.83. The Labute approximate surface area is 92.3 Å². The summed E-state index contributed by atoms with van der Waals surface area (Å²) in [6.07, 6.45) is -2.49. The molecule has 1 amide bonds. The Balaban J connectivity index is 4.31. The number of amides is 1. The molecular weight excluding hydrogens is 218 g/mol. The topological polar surface area (TPSA) is 130 Å². The first-order valence-corrected chi connectivity index (χ1v) is 4.50. The minimum Gasteiger partial charge on any atom is -0.394 e. The van der Waals surface area contributed by atoms with Gasteiger partial charge in [-0.15, -0.1) is 6.42 Å². The molecule has 6 N–H and O–H groups in total. The number of hydrogen-bond acceptors (Lipinski definition) is 6. The van der Waals surface area contributed by atoms with Crippen LogP contribution in [0.3, 0.4) is 0 Å². The highest BCUT2D eigenvalue weighted by Gasteiger charge is 2.33. The Kier molecular flexibility index (Phi) is 6.64. The number of carbonyl (C=O) groups excluding carboxylic acids is 1. The number of aliphatic hydroxyl groups is 5. The van der Waals surface area contributed by atoms with Gasteiger partial charge in [0.2, 0.25) is 0 Å². The lowest BCUT2D eigenvalue weighted by Crippen LogP contribution is -2.51. The van der Waals surface area contributed by atoms with E-state index in [1.54, 1.807) is 0 Å². The summed E-state index contributed by atoms with van der Waals surface area (Å²) < 4.78 is 0. The van der Waals surface area contributed by atoms with Crippen molar-refractivity contribution in [2.45, 2.75) is 24.4 Å². The molecule has 92 valence electrons. The Morgan fingerprint density at radius 3 is 2.25 bits per heavy atom. The van der Waals surface area contributed by atoms with Crippen LogP contribution in [0.5, 0.6) is 0 Å². The minimum absolute atomic E-state index is 0.138. The second kappa shape index (κ2) is 7.16. The fourth-order valence-electron chi connectivity index (χ4n) is 0.920. The molecule has 4 atom stereocenters. The van der Waals surface area contributed by atoms with Crippen molar-refractivity contribution in [3.8, 4) is 12.3 Å². The Bertz CT molecular complexity index is 263. The van der Waals surface area contributed by atoms with Gasteiger partial charge in [-0.2, -0.15) is 0 Å². The zero-order valence-corrected chi connectivity index (χ0v) is 8.45. The van der Waals surface area contributed by atoms with Gasteiger partial charge in [0.1, 0.15) is 18.3 Å². The standard InChI is InChI=1S/C9H15NO6/c1-2-3-10-9(16)8(15)7(14)6(13)5(12)4-11/h1,5-8,11-15H,3-4H2,(H,10,16). The summed E-state index contributed by atoms with van der Waals surface area (Å²) in [7, 11) is 0. The first kappa shape index (κ1) is 14.8. The molecule has 0 rings (SSSR count). The number of hydrogen-bond donors (Lipinski definition) is 6. The number of rotatable bonds is 6. The Morgan fingerprint density at radius 2 is 1.81 bits per heavy atom. The molecule has 0 aromatic heterocycles. The highest BCUT2D eigenvalue weighted by molar-refractivity contribution is 5.81. The maximum absolute atomic E-state index is 11.1. The molecule has 7 heteroatoms. The average molecular weight is 233 g/mol.